The highest BCUT2D eigenvalue weighted by atomic mass is 15.5. The van der Waals surface area contributed by atoms with E-state index in [-0.39, 0.29) is 0 Å². The van der Waals surface area contributed by atoms with Crippen molar-refractivity contribution >= 4 is 5.82 Å². The molecule has 1 saturated heterocycles. The van der Waals surface area contributed by atoms with Gasteiger partial charge in [-0.2, -0.15) is 0 Å². The molecule has 0 radical (unpaired) electrons. The molecule has 1 aromatic heterocycles. The molecule has 2 aliphatic rings. The van der Waals surface area contributed by atoms with Crippen molar-refractivity contribution in [3.63, 3.8) is 0 Å². The summed E-state index contributed by atoms with van der Waals surface area (Å²) >= 11 is 0. The molecule has 1 atom stereocenters. The first-order valence-corrected chi connectivity index (χ1v) is 5.75. The molecule has 0 spiro atoms. The third-order valence-corrected chi connectivity index (χ3v) is 3.20. The van der Waals surface area contributed by atoms with Crippen molar-refractivity contribution in [1.29, 1.82) is 0 Å². The van der Waals surface area contributed by atoms with Crippen LogP contribution in [-0.4, -0.2) is 34.1 Å². The Morgan fingerprint density at radius 1 is 1.33 bits per heavy atom. The highest BCUT2D eigenvalue weighted by Gasteiger charge is 2.26. The summed E-state index contributed by atoms with van der Waals surface area (Å²) in [6, 6.07) is 0.912. The summed E-state index contributed by atoms with van der Waals surface area (Å²) in [4.78, 5) is 2.25. The number of piperidine rings is 1. The van der Waals surface area contributed by atoms with Crippen molar-refractivity contribution in [2.24, 2.45) is 5.73 Å². The third kappa shape index (κ3) is 1.84. The lowest BCUT2D eigenvalue weighted by molar-refractivity contribution is 0.503. The smallest absolute Gasteiger partial charge is 0.171 e. The molecule has 15 heavy (non-hydrogen) atoms. The van der Waals surface area contributed by atoms with Gasteiger partial charge in [-0.05, 0) is 25.7 Å². The van der Waals surface area contributed by atoms with Gasteiger partial charge < -0.3 is 10.6 Å². The minimum atomic E-state index is 0.296. The van der Waals surface area contributed by atoms with Crippen LogP contribution in [0.15, 0.2) is 6.20 Å². The first kappa shape index (κ1) is 9.15. The highest BCUT2D eigenvalue weighted by molar-refractivity contribution is 5.35. The van der Waals surface area contributed by atoms with Crippen LogP contribution in [0.4, 0.5) is 5.82 Å². The van der Waals surface area contributed by atoms with Crippen molar-refractivity contribution in [3.8, 4) is 0 Å². The van der Waals surface area contributed by atoms with Crippen LogP contribution >= 0.6 is 0 Å². The van der Waals surface area contributed by atoms with Gasteiger partial charge in [-0.3, -0.25) is 0 Å². The fourth-order valence-electron chi connectivity index (χ4n) is 2.15. The average molecular weight is 207 g/mol. The van der Waals surface area contributed by atoms with Gasteiger partial charge in [0.05, 0.1) is 12.2 Å². The first-order valence-electron chi connectivity index (χ1n) is 5.75. The molecule has 82 valence electrons. The van der Waals surface area contributed by atoms with Crippen LogP contribution < -0.4 is 10.6 Å². The number of nitrogens with zero attached hydrogens (tertiary/aromatic N) is 4. The van der Waals surface area contributed by atoms with E-state index >= 15 is 0 Å². The molecule has 2 fully saturated rings. The fraction of sp³-hybridized carbons (Fsp3) is 0.800. The minimum Gasteiger partial charge on any atom is -0.352 e. The van der Waals surface area contributed by atoms with Crippen molar-refractivity contribution < 1.29 is 0 Å². The molecular weight excluding hydrogens is 190 g/mol. The van der Waals surface area contributed by atoms with Crippen LogP contribution in [0.2, 0.25) is 0 Å². The summed E-state index contributed by atoms with van der Waals surface area (Å²) in [5, 5.41) is 8.38. The summed E-state index contributed by atoms with van der Waals surface area (Å²) in [6.45, 7) is 1.99. The zero-order valence-electron chi connectivity index (χ0n) is 8.84. The minimum absolute atomic E-state index is 0.296. The maximum atomic E-state index is 5.94. The molecule has 1 aliphatic heterocycles. The van der Waals surface area contributed by atoms with E-state index in [9.17, 15) is 0 Å². The first-order chi connectivity index (χ1) is 7.33. The second kappa shape index (κ2) is 3.48. The number of hydrogen-bond acceptors (Lipinski definition) is 4. The zero-order valence-corrected chi connectivity index (χ0v) is 8.84. The maximum Gasteiger partial charge on any atom is 0.171 e. The molecule has 1 saturated carbocycles. The SMILES string of the molecule is NC1CCCN(c2cn(C3CC3)nn2)C1. The van der Waals surface area contributed by atoms with Gasteiger partial charge in [0.2, 0.25) is 0 Å². The molecule has 2 N–H and O–H groups in total. The summed E-state index contributed by atoms with van der Waals surface area (Å²) in [6.07, 6.45) is 6.87. The largest absolute Gasteiger partial charge is 0.352 e. The Morgan fingerprint density at radius 2 is 2.20 bits per heavy atom. The van der Waals surface area contributed by atoms with Gasteiger partial charge in [0.25, 0.3) is 0 Å². The van der Waals surface area contributed by atoms with E-state index in [1.807, 2.05) is 4.68 Å². The van der Waals surface area contributed by atoms with Crippen LogP contribution in [-0.2, 0) is 0 Å². The lowest BCUT2D eigenvalue weighted by atomic mass is 10.1. The van der Waals surface area contributed by atoms with E-state index in [0.29, 0.717) is 12.1 Å². The predicted molar refractivity (Wildman–Crippen MR) is 57.7 cm³/mol. The molecule has 1 aromatic rings. The van der Waals surface area contributed by atoms with Gasteiger partial charge >= 0.3 is 0 Å². The molecule has 2 heterocycles. The van der Waals surface area contributed by atoms with Crippen LogP contribution in [0, 0.1) is 0 Å². The van der Waals surface area contributed by atoms with Crippen molar-refractivity contribution in [2.45, 2.75) is 37.8 Å². The average Bonchev–Trinajstić information content (AvgIpc) is 2.97. The van der Waals surface area contributed by atoms with E-state index < -0.39 is 0 Å². The van der Waals surface area contributed by atoms with E-state index in [1.54, 1.807) is 0 Å². The van der Waals surface area contributed by atoms with Crippen LogP contribution in [0.3, 0.4) is 0 Å². The van der Waals surface area contributed by atoms with Gasteiger partial charge in [0.1, 0.15) is 0 Å². The quantitative estimate of drug-likeness (QED) is 0.769. The monoisotopic (exact) mass is 207 g/mol. The molecule has 5 heteroatoms. The van der Waals surface area contributed by atoms with Gasteiger partial charge in [-0.15, -0.1) is 5.10 Å². The Bertz CT molecular complexity index is 343. The standard InChI is InChI=1S/C10H17N5/c11-8-2-1-5-14(6-8)10-7-15(13-12-10)9-3-4-9/h7-9H,1-6,11H2. The highest BCUT2D eigenvalue weighted by Crippen LogP contribution is 2.34. The maximum absolute atomic E-state index is 5.94. The molecule has 1 aliphatic carbocycles. The normalized spacial score (nSPS) is 27.0. The molecule has 5 nitrogen and oxygen atoms in total. The zero-order chi connectivity index (χ0) is 10.3. The molecule has 3 rings (SSSR count). The molecule has 0 bridgehead atoms. The second-order valence-electron chi connectivity index (χ2n) is 4.64. The number of rotatable bonds is 2. The Kier molecular flexibility index (Phi) is 2.12. The topological polar surface area (TPSA) is 60.0 Å². The number of hydrogen-bond donors (Lipinski definition) is 1. The molecule has 0 aromatic carbocycles. The lowest BCUT2D eigenvalue weighted by Gasteiger charge is -2.30. The van der Waals surface area contributed by atoms with Crippen LogP contribution in [0.25, 0.3) is 0 Å². The van der Waals surface area contributed by atoms with Gasteiger partial charge in [-0.1, -0.05) is 5.21 Å². The molecule has 0 amide bonds. The summed E-state index contributed by atoms with van der Waals surface area (Å²) in [5.74, 6) is 0.997. The Balaban J connectivity index is 1.73. The van der Waals surface area contributed by atoms with Crippen LogP contribution in [0.1, 0.15) is 31.7 Å². The van der Waals surface area contributed by atoms with E-state index in [2.05, 4.69) is 21.4 Å². The third-order valence-electron chi connectivity index (χ3n) is 3.20. The Hall–Kier alpha value is -1.10. The molecular formula is C10H17N5. The number of aromatic nitrogens is 3. The van der Waals surface area contributed by atoms with E-state index in [0.717, 1.165) is 31.7 Å². The van der Waals surface area contributed by atoms with Crippen LogP contribution in [0.5, 0.6) is 0 Å². The fourth-order valence-corrected chi connectivity index (χ4v) is 2.15. The summed E-state index contributed by atoms with van der Waals surface area (Å²) < 4.78 is 2.00. The van der Waals surface area contributed by atoms with Gasteiger partial charge in [0, 0.05) is 19.1 Å². The summed E-state index contributed by atoms with van der Waals surface area (Å²) in [5.41, 5.74) is 5.94. The summed E-state index contributed by atoms with van der Waals surface area (Å²) in [7, 11) is 0. The lowest BCUT2D eigenvalue weighted by Crippen LogP contribution is -2.43. The second-order valence-corrected chi connectivity index (χ2v) is 4.64. The van der Waals surface area contributed by atoms with Gasteiger partial charge in [-0.25, -0.2) is 4.68 Å². The van der Waals surface area contributed by atoms with Crippen molar-refractivity contribution in [1.82, 2.24) is 15.0 Å². The Morgan fingerprint density at radius 3 is 2.93 bits per heavy atom. The Labute approximate surface area is 89.2 Å². The van der Waals surface area contributed by atoms with E-state index in [4.69, 9.17) is 5.73 Å². The van der Waals surface area contributed by atoms with Crippen molar-refractivity contribution in [2.75, 3.05) is 18.0 Å². The number of anilines is 1. The molecule has 1 unspecified atom stereocenters. The van der Waals surface area contributed by atoms with Crippen molar-refractivity contribution in [3.05, 3.63) is 6.20 Å². The van der Waals surface area contributed by atoms with Gasteiger partial charge in [0.15, 0.2) is 5.82 Å². The number of nitrogens with two attached hydrogens (primary N) is 1. The predicted octanol–water partition coefficient (Wildman–Crippen LogP) is 0.540. The van der Waals surface area contributed by atoms with E-state index in [1.165, 1.54) is 12.8 Å².